The predicted octanol–water partition coefficient (Wildman–Crippen LogP) is 3.92. The van der Waals surface area contributed by atoms with Gasteiger partial charge in [-0.05, 0) is 71.6 Å². The third-order valence-corrected chi connectivity index (χ3v) is 11.4. The van der Waals surface area contributed by atoms with Gasteiger partial charge in [0.1, 0.15) is 35.5 Å². The van der Waals surface area contributed by atoms with Crippen molar-refractivity contribution in [2.45, 2.75) is 34.5 Å². The molecule has 0 bridgehead atoms. The molecule has 64 heavy (non-hydrogen) atoms. The molecule has 4 aromatic carbocycles. The molecule has 0 spiro atoms. The molecule has 6 aromatic rings. The third-order valence-electron chi connectivity index (χ3n) is 8.73. The second kappa shape index (κ2) is 19.0. The maximum absolute atomic E-state index is 12.6. The van der Waals surface area contributed by atoms with Crippen LogP contribution in [-0.2, 0) is 52.8 Å². The second-order valence-electron chi connectivity index (χ2n) is 13.6. The summed E-state index contributed by atoms with van der Waals surface area (Å²) in [4.78, 5) is 48.4. The fourth-order valence-electron chi connectivity index (χ4n) is 6.04. The molecule has 0 fully saturated rings. The number of carbonyl (C=O) groups is 2. The smallest absolute Gasteiger partial charge is 0.323 e. The lowest BCUT2D eigenvalue weighted by atomic mass is 10.1. The van der Waals surface area contributed by atoms with E-state index in [1.54, 1.807) is 43.3 Å². The molecule has 0 atom stereocenters. The van der Waals surface area contributed by atoms with Gasteiger partial charge in [-0.3, -0.25) is 23.2 Å². The summed E-state index contributed by atoms with van der Waals surface area (Å²) in [5.41, 5.74) is 1.83. The van der Waals surface area contributed by atoms with Gasteiger partial charge in [0.2, 0.25) is 17.8 Å². The van der Waals surface area contributed by atoms with Gasteiger partial charge in [0.15, 0.2) is 0 Å². The quantitative estimate of drug-likeness (QED) is 0.0474. The number of carboxylic acid groups (broad SMARTS) is 2. The van der Waals surface area contributed by atoms with E-state index in [0.717, 1.165) is 23.1 Å². The highest BCUT2D eigenvalue weighted by molar-refractivity contribution is 7.86. The second-order valence-corrected chi connectivity index (χ2v) is 17.8. The molecule has 22 nitrogen and oxygen atoms in total. The van der Waals surface area contributed by atoms with Gasteiger partial charge in [-0.15, -0.1) is 0 Å². The molecular weight excluding hydrogens is 899 g/mol. The molecule has 2 heterocycles. The van der Waals surface area contributed by atoms with Crippen LogP contribution >= 0.6 is 0 Å². The van der Waals surface area contributed by atoms with Crippen molar-refractivity contribution in [1.29, 1.82) is 0 Å². The summed E-state index contributed by atoms with van der Waals surface area (Å²) < 4.78 is 102. The van der Waals surface area contributed by atoms with E-state index in [0.29, 0.717) is 17.1 Å². The molecule has 0 saturated carbocycles. The monoisotopic (exact) mass is 933 g/mol. The van der Waals surface area contributed by atoms with Crippen LogP contribution in [0, 0.1) is 6.92 Å². The summed E-state index contributed by atoms with van der Waals surface area (Å²) in [6.45, 7) is -0.0633. The van der Waals surface area contributed by atoms with Crippen molar-refractivity contribution >= 4 is 83.7 Å². The van der Waals surface area contributed by atoms with Gasteiger partial charge in [0.25, 0.3) is 30.4 Å². The van der Waals surface area contributed by atoms with Crippen molar-refractivity contribution in [3.8, 4) is 0 Å². The van der Waals surface area contributed by atoms with Gasteiger partial charge in [-0.2, -0.15) is 50.2 Å². The first-order valence-electron chi connectivity index (χ1n) is 18.3. The van der Waals surface area contributed by atoms with Gasteiger partial charge >= 0.3 is 11.9 Å². The van der Waals surface area contributed by atoms with E-state index in [1.165, 1.54) is 48.5 Å². The Morgan fingerprint density at radius 1 is 0.609 bits per heavy atom. The molecule has 6 rings (SSSR count). The van der Waals surface area contributed by atoms with Crippen LogP contribution in [-0.4, -0.2) is 104 Å². The molecule has 2 aromatic heterocycles. The van der Waals surface area contributed by atoms with E-state index >= 15 is 0 Å². The van der Waals surface area contributed by atoms with E-state index in [-0.39, 0.29) is 63.7 Å². The highest BCUT2D eigenvalue weighted by Gasteiger charge is 2.22. The molecule has 0 unspecified atom stereocenters. The van der Waals surface area contributed by atoms with E-state index in [9.17, 15) is 58.7 Å². The predicted molar refractivity (Wildman–Crippen MR) is 228 cm³/mol. The molecule has 0 amide bonds. The van der Waals surface area contributed by atoms with Gasteiger partial charge in [-0.25, -0.2) is 4.98 Å². The Kier molecular flexibility index (Phi) is 13.7. The average Bonchev–Trinajstić information content (AvgIpc) is 3.19. The lowest BCUT2D eigenvalue weighted by Crippen LogP contribution is -2.36. The van der Waals surface area contributed by atoms with Crippen molar-refractivity contribution in [2.75, 3.05) is 28.6 Å². The SMILES string of the molecule is Cc1nc(Cc2ccccc2S(=O)(=O)O)nc(Nc2ccc(/C=C/c3ccc(Cc4nc(Nc5cccc(S(=O)(=O)O)c5)nc(N(CC(=O)O)CC(=O)O)n4)cc3S(=O)(=O)O)cc2)n1. The number of aryl methyl sites for hydroxylation is 1. The number of carboxylic acids is 2. The Hall–Kier alpha value is -7.29. The number of hydrogen-bond acceptors (Lipinski definition) is 17. The first-order valence-corrected chi connectivity index (χ1v) is 22.6. The zero-order valence-corrected chi connectivity index (χ0v) is 35.5. The number of nitrogens with zero attached hydrogens (tertiary/aromatic N) is 7. The molecule has 0 radical (unpaired) electrons. The Morgan fingerprint density at radius 2 is 1.23 bits per heavy atom. The molecule has 25 heteroatoms. The van der Waals surface area contributed by atoms with Crippen LogP contribution in [0.25, 0.3) is 12.2 Å². The summed E-state index contributed by atoms with van der Waals surface area (Å²) >= 11 is 0. The summed E-state index contributed by atoms with van der Waals surface area (Å²) in [5, 5.41) is 24.7. The van der Waals surface area contributed by atoms with Crippen LogP contribution in [0.15, 0.2) is 106 Å². The van der Waals surface area contributed by atoms with Gasteiger partial charge in [0, 0.05) is 24.2 Å². The minimum Gasteiger partial charge on any atom is -0.480 e. The zero-order valence-electron chi connectivity index (χ0n) is 33.0. The van der Waals surface area contributed by atoms with Crippen LogP contribution < -0.4 is 15.5 Å². The van der Waals surface area contributed by atoms with E-state index < -0.39 is 71.1 Å². The fraction of sp³-hybridized carbons (Fsp3) is 0.128. The lowest BCUT2D eigenvalue weighted by molar-refractivity contribution is -0.136. The summed E-state index contributed by atoms with van der Waals surface area (Å²) in [5.74, 6) is -2.91. The number of hydrogen-bond donors (Lipinski definition) is 7. The van der Waals surface area contributed by atoms with Crippen LogP contribution in [0.3, 0.4) is 0 Å². The fourth-order valence-corrected chi connectivity index (χ4v) is 8.02. The molecule has 7 N–H and O–H groups in total. The summed E-state index contributed by atoms with van der Waals surface area (Å²) in [7, 11) is -13.9. The first kappa shape index (κ1) is 46.2. The number of aromatic nitrogens is 6. The Balaban J connectivity index is 1.23. The molecule has 0 saturated heterocycles. The maximum atomic E-state index is 12.6. The Bertz CT molecular complexity index is 3120. The molecular formula is C39H35N9O13S3. The van der Waals surface area contributed by atoms with Crippen LogP contribution in [0.4, 0.5) is 29.2 Å². The Labute approximate surface area is 364 Å². The van der Waals surface area contributed by atoms with Gasteiger partial charge < -0.3 is 25.7 Å². The van der Waals surface area contributed by atoms with E-state index in [4.69, 9.17) is 0 Å². The summed E-state index contributed by atoms with van der Waals surface area (Å²) in [6.07, 6.45) is 2.76. The number of aliphatic carboxylic acids is 2. The normalized spacial score (nSPS) is 11.9. The number of nitrogens with one attached hydrogen (secondary N) is 2. The minimum atomic E-state index is -4.84. The topological polar surface area (TPSA) is 342 Å². The minimum absolute atomic E-state index is 0.0114. The van der Waals surface area contributed by atoms with Gasteiger partial charge in [-0.1, -0.05) is 60.7 Å². The van der Waals surface area contributed by atoms with Crippen molar-refractivity contribution in [3.05, 3.63) is 131 Å². The van der Waals surface area contributed by atoms with E-state index in [2.05, 4.69) is 40.5 Å². The van der Waals surface area contributed by atoms with Crippen LogP contribution in [0.2, 0.25) is 0 Å². The standard InChI is InChI=1S/C39H35N9O13S3/c1-23-40-34(19-27-5-2-3-8-31(27)63(56,57)58)45-37(41-23)42-28-15-11-24(12-16-28)9-13-26-14-10-25(17-32(26)64(59,60)61)18-33-44-38(43-29-6-4-7-30(20-29)62(53,54)55)47-39(46-33)48(21-35(49)50)22-36(51)52/h2-17,20H,18-19,21-22H2,1H3,(H,49,50)(H,51,52)(H,53,54,55)(H,56,57,58)(H,59,60,61)(H,40,41,42,45)(H,43,44,46,47)/b13-9+. The highest BCUT2D eigenvalue weighted by Crippen LogP contribution is 2.25. The molecule has 332 valence electrons. The maximum Gasteiger partial charge on any atom is 0.323 e. The molecule has 0 aliphatic carbocycles. The number of anilines is 5. The largest absolute Gasteiger partial charge is 0.480 e. The van der Waals surface area contributed by atoms with Crippen molar-refractivity contribution in [1.82, 2.24) is 29.9 Å². The third kappa shape index (κ3) is 12.6. The van der Waals surface area contributed by atoms with Crippen molar-refractivity contribution < 1.29 is 58.7 Å². The summed E-state index contributed by atoms with van der Waals surface area (Å²) in [6, 6.07) is 21.6. The van der Waals surface area contributed by atoms with Crippen LogP contribution in [0.5, 0.6) is 0 Å². The molecule has 0 aliphatic heterocycles. The van der Waals surface area contributed by atoms with Crippen molar-refractivity contribution in [2.24, 2.45) is 0 Å². The Morgan fingerprint density at radius 3 is 1.88 bits per heavy atom. The lowest BCUT2D eigenvalue weighted by Gasteiger charge is -2.19. The number of rotatable bonds is 18. The highest BCUT2D eigenvalue weighted by atomic mass is 32.2. The first-order chi connectivity index (χ1) is 30.1. The molecule has 0 aliphatic rings. The van der Waals surface area contributed by atoms with Gasteiger partial charge in [0.05, 0.1) is 9.79 Å². The number of benzene rings is 4. The van der Waals surface area contributed by atoms with E-state index in [1.807, 2.05) is 0 Å². The average molecular weight is 934 g/mol. The van der Waals surface area contributed by atoms with Crippen LogP contribution in [0.1, 0.15) is 39.7 Å². The van der Waals surface area contributed by atoms with Crippen molar-refractivity contribution in [3.63, 3.8) is 0 Å². The zero-order chi connectivity index (χ0) is 46.4.